The van der Waals surface area contributed by atoms with Crippen LogP contribution in [0.1, 0.15) is 32.3 Å². The van der Waals surface area contributed by atoms with Gasteiger partial charge in [-0.3, -0.25) is 4.79 Å². The summed E-state index contributed by atoms with van der Waals surface area (Å²) in [5, 5.41) is 0.229. The van der Waals surface area contributed by atoms with Gasteiger partial charge in [-0.25, -0.2) is 34.0 Å². The molecular weight excluding hydrogens is 614 g/mol. The number of likely N-dealkylation sites (tertiary alicyclic amines) is 1. The Bertz CT molecular complexity index is 1620. The number of hydrogen-bond acceptors (Lipinski definition) is 8. The number of fused-ring (bicyclic) bond motifs is 3. The minimum atomic E-state index is -4.60. The minimum Gasteiger partial charge on any atom is -0.488 e. The first-order chi connectivity index (χ1) is 18.6. The van der Waals surface area contributed by atoms with Crippen LogP contribution in [0.4, 0.5) is 8.78 Å². The van der Waals surface area contributed by atoms with Crippen LogP contribution in [-0.4, -0.2) is 77.0 Å². The van der Waals surface area contributed by atoms with Crippen LogP contribution in [-0.2, 0) is 39.4 Å². The van der Waals surface area contributed by atoms with E-state index in [2.05, 4.69) is 0 Å². The van der Waals surface area contributed by atoms with Gasteiger partial charge in [0.1, 0.15) is 23.7 Å². The van der Waals surface area contributed by atoms with Gasteiger partial charge < -0.3 is 9.64 Å². The summed E-state index contributed by atoms with van der Waals surface area (Å²) in [6, 6.07) is 5.16. The van der Waals surface area contributed by atoms with Crippen molar-refractivity contribution in [3.63, 3.8) is 0 Å². The highest BCUT2D eigenvalue weighted by Crippen LogP contribution is 2.53. The van der Waals surface area contributed by atoms with E-state index in [1.807, 2.05) is 0 Å². The van der Waals surface area contributed by atoms with Crippen molar-refractivity contribution >= 4 is 47.4 Å². The molecule has 2 aliphatic rings. The van der Waals surface area contributed by atoms with Crippen LogP contribution >= 0.6 is 11.6 Å². The van der Waals surface area contributed by atoms with E-state index in [-0.39, 0.29) is 33.0 Å². The number of rotatable bonds is 8. The molecule has 0 N–H and O–H groups in total. The summed E-state index contributed by atoms with van der Waals surface area (Å²) in [4.78, 5) is 14.3. The number of carbonyl (C=O) groups is 1. The summed E-state index contributed by atoms with van der Waals surface area (Å²) in [7, 11) is -13.4. The van der Waals surface area contributed by atoms with E-state index in [4.69, 9.17) is 16.3 Å². The first kappa shape index (κ1) is 30.6. The number of hydrogen-bond donors (Lipinski definition) is 0. The molecule has 0 unspecified atom stereocenters. The third-order valence-electron chi connectivity index (χ3n) is 7.27. The number of nitrogens with zero attached hydrogens (tertiary/aromatic N) is 2. The van der Waals surface area contributed by atoms with Gasteiger partial charge in [0.2, 0.25) is 26.0 Å². The van der Waals surface area contributed by atoms with E-state index in [9.17, 15) is 34.4 Å². The Labute approximate surface area is 236 Å². The second-order valence-electron chi connectivity index (χ2n) is 9.33. The second kappa shape index (κ2) is 10.8. The fourth-order valence-electron chi connectivity index (χ4n) is 5.26. The summed E-state index contributed by atoms with van der Waals surface area (Å²) in [5.41, 5.74) is -0.588. The minimum absolute atomic E-state index is 0.00842. The molecule has 1 saturated heterocycles. The van der Waals surface area contributed by atoms with Crippen LogP contribution in [0.3, 0.4) is 0 Å². The number of amides is 1. The van der Waals surface area contributed by atoms with Crippen LogP contribution in [0, 0.1) is 11.6 Å². The Hall–Kier alpha value is -2.33. The highest BCUT2D eigenvalue weighted by atomic mass is 35.5. The lowest BCUT2D eigenvalue weighted by Crippen LogP contribution is -2.65. The number of sulfonamides is 2. The average Bonchev–Trinajstić information content (AvgIpc) is 2.92. The quantitative estimate of drug-likeness (QED) is 0.430. The molecule has 2 aromatic rings. The highest BCUT2D eigenvalue weighted by Gasteiger charge is 2.61. The maximum absolute atomic E-state index is 15.5. The molecule has 0 saturated carbocycles. The molecule has 0 spiro atoms. The van der Waals surface area contributed by atoms with Crippen molar-refractivity contribution in [3.8, 4) is 5.75 Å². The first-order valence-corrected chi connectivity index (χ1v) is 17.4. The lowest BCUT2D eigenvalue weighted by atomic mass is 9.80. The van der Waals surface area contributed by atoms with E-state index < -0.39 is 94.2 Å². The van der Waals surface area contributed by atoms with Gasteiger partial charge in [0.15, 0.2) is 21.4 Å². The first-order valence-electron chi connectivity index (χ1n) is 12.3. The van der Waals surface area contributed by atoms with E-state index in [1.54, 1.807) is 0 Å². The van der Waals surface area contributed by atoms with Gasteiger partial charge in [-0.05, 0) is 63.1 Å². The van der Waals surface area contributed by atoms with Gasteiger partial charge in [0.05, 0.1) is 28.0 Å². The topological polar surface area (TPSA) is 135 Å². The Morgan fingerprint density at radius 3 is 2.15 bits per heavy atom. The number of sulfone groups is 1. The number of ether oxygens (including phenoxy) is 1. The normalized spacial score (nSPS) is 21.4. The van der Waals surface area contributed by atoms with Crippen LogP contribution in [0.25, 0.3) is 0 Å². The van der Waals surface area contributed by atoms with E-state index >= 15 is 4.39 Å². The van der Waals surface area contributed by atoms with Crippen molar-refractivity contribution < 1.29 is 43.6 Å². The van der Waals surface area contributed by atoms with E-state index in [1.165, 1.54) is 38.1 Å². The third-order valence-corrected chi connectivity index (χ3v) is 14.4. The molecule has 10 nitrogen and oxygen atoms in total. The van der Waals surface area contributed by atoms with E-state index in [0.29, 0.717) is 0 Å². The molecule has 0 radical (unpaired) electrons. The van der Waals surface area contributed by atoms with Gasteiger partial charge in [0.25, 0.3) is 0 Å². The number of piperidine rings is 1. The summed E-state index contributed by atoms with van der Waals surface area (Å²) >= 11 is 5.94. The molecule has 220 valence electrons. The van der Waals surface area contributed by atoms with Crippen LogP contribution in [0.2, 0.25) is 5.02 Å². The van der Waals surface area contributed by atoms with Crippen LogP contribution in [0.5, 0.6) is 5.75 Å². The zero-order chi connectivity index (χ0) is 29.7. The molecule has 1 amide bonds. The monoisotopic (exact) mass is 640 g/mol. The second-order valence-corrected chi connectivity index (χ2v) is 16.6. The van der Waals surface area contributed by atoms with Gasteiger partial charge in [-0.1, -0.05) is 15.3 Å². The SMILES string of the molecule is CCS(=O)(=O)N(CC(=O)N1CCC[C@]2(S(=O)(=O)c3ccc(Cl)cc3)c3c(F)ccc(F)c3OC[C@H]12)S(=O)(=O)CC. The smallest absolute Gasteiger partial charge is 0.239 e. The molecule has 2 atom stereocenters. The van der Waals surface area contributed by atoms with Crippen molar-refractivity contribution in [2.45, 2.75) is 42.4 Å². The highest BCUT2D eigenvalue weighted by molar-refractivity contribution is 8.04. The van der Waals surface area contributed by atoms with Gasteiger partial charge in [-0.2, -0.15) is 0 Å². The third kappa shape index (κ3) is 4.89. The van der Waals surface area contributed by atoms with Gasteiger partial charge >= 0.3 is 0 Å². The fraction of sp³-hybridized carbons (Fsp3) is 0.458. The maximum Gasteiger partial charge on any atom is 0.239 e. The molecule has 0 bridgehead atoms. The lowest BCUT2D eigenvalue weighted by molar-refractivity contribution is -0.137. The number of benzene rings is 2. The Morgan fingerprint density at radius 2 is 1.57 bits per heavy atom. The summed E-state index contributed by atoms with van der Waals surface area (Å²) in [6.07, 6.45) is -0.237. The number of carbonyl (C=O) groups excluding carboxylic acids is 1. The summed E-state index contributed by atoms with van der Waals surface area (Å²) in [6.45, 7) is 0.617. The standard InChI is InChI=1S/C24H27ClF2N2O8S3/c1-3-38(31,32)29(39(33,34)4-2)14-21(30)28-13-5-12-24(40(35,36)17-8-6-16(25)7-9-17)20(28)15-37-23-19(27)11-10-18(26)22(23)24/h6-11,20H,3-5,12-15H2,1-2H3/t20-,24+/m0/s1. The van der Waals surface area contributed by atoms with Gasteiger partial charge in [-0.15, -0.1) is 0 Å². The Balaban J connectivity index is 1.91. The average molecular weight is 641 g/mol. The predicted molar refractivity (Wildman–Crippen MR) is 143 cm³/mol. The van der Waals surface area contributed by atoms with Gasteiger partial charge in [0, 0.05) is 11.6 Å². The number of halogens is 3. The van der Waals surface area contributed by atoms with Crippen molar-refractivity contribution in [2.75, 3.05) is 31.2 Å². The molecular formula is C24H27ClF2N2O8S3. The molecule has 0 aromatic heterocycles. The molecule has 2 aliphatic heterocycles. The zero-order valence-corrected chi connectivity index (χ0v) is 24.7. The van der Waals surface area contributed by atoms with Crippen molar-refractivity contribution in [1.82, 2.24) is 8.61 Å². The van der Waals surface area contributed by atoms with Crippen molar-refractivity contribution in [2.24, 2.45) is 0 Å². The molecule has 16 heteroatoms. The fourth-order valence-corrected chi connectivity index (χ4v) is 10.9. The van der Waals surface area contributed by atoms with Crippen LogP contribution in [0.15, 0.2) is 41.3 Å². The molecule has 1 fully saturated rings. The van der Waals surface area contributed by atoms with E-state index in [0.717, 1.165) is 17.0 Å². The predicted octanol–water partition coefficient (Wildman–Crippen LogP) is 2.67. The van der Waals surface area contributed by atoms with Crippen LogP contribution < -0.4 is 4.74 Å². The zero-order valence-electron chi connectivity index (χ0n) is 21.5. The van der Waals surface area contributed by atoms with Crippen molar-refractivity contribution in [1.29, 1.82) is 0 Å². The Morgan fingerprint density at radius 1 is 1.00 bits per heavy atom. The summed E-state index contributed by atoms with van der Waals surface area (Å²) in [5.74, 6) is -4.93. The maximum atomic E-state index is 15.5. The molecule has 4 rings (SSSR count). The molecule has 0 aliphatic carbocycles. The largest absolute Gasteiger partial charge is 0.488 e. The van der Waals surface area contributed by atoms with Crippen molar-refractivity contribution in [3.05, 3.63) is 58.6 Å². The molecule has 2 heterocycles. The Kier molecular flexibility index (Phi) is 8.28. The molecule has 40 heavy (non-hydrogen) atoms. The molecule has 2 aromatic carbocycles. The lowest BCUT2D eigenvalue weighted by Gasteiger charge is -2.51. The summed E-state index contributed by atoms with van der Waals surface area (Å²) < 4.78 is 113.